The molecule has 0 spiro atoms. The van der Waals surface area contributed by atoms with Crippen LogP contribution in [-0.4, -0.2) is 31.6 Å². The molecule has 0 saturated carbocycles. The number of carbonyl (C=O) groups is 2. The van der Waals surface area contributed by atoms with E-state index in [0.717, 1.165) is 10.0 Å². The third kappa shape index (κ3) is 7.07. The van der Waals surface area contributed by atoms with Gasteiger partial charge in [-0.15, -0.1) is 0 Å². The molecule has 0 heterocycles. The molecule has 2 aromatic carbocycles. The maximum atomic E-state index is 12.1. The van der Waals surface area contributed by atoms with Gasteiger partial charge in [0.15, 0.2) is 11.5 Å². The van der Waals surface area contributed by atoms with E-state index in [0.29, 0.717) is 27.8 Å². The zero-order chi connectivity index (χ0) is 22.3. The summed E-state index contributed by atoms with van der Waals surface area (Å²) < 4.78 is 11.9. The number of methoxy groups -OCH3 is 1. The van der Waals surface area contributed by atoms with Crippen molar-refractivity contribution >= 4 is 51.1 Å². The fourth-order valence-electron chi connectivity index (χ4n) is 2.55. The predicted molar refractivity (Wildman–Crippen MR) is 123 cm³/mol. The average Bonchev–Trinajstić information content (AvgIpc) is 2.68. The molecule has 0 aliphatic carbocycles. The molecule has 8 heteroatoms. The molecule has 160 valence electrons. The number of carbonyl (C=O) groups excluding carboxylic acids is 2. The van der Waals surface area contributed by atoms with Crippen LogP contribution in [0.15, 0.2) is 40.9 Å². The number of hydrogen-bond acceptors (Lipinski definition) is 4. The first-order chi connectivity index (χ1) is 14.2. The topological polar surface area (TPSA) is 76.7 Å². The minimum absolute atomic E-state index is 0.0593. The fourth-order valence-corrected chi connectivity index (χ4v) is 3.29. The summed E-state index contributed by atoms with van der Waals surface area (Å²) in [4.78, 5) is 24.1. The van der Waals surface area contributed by atoms with Gasteiger partial charge < -0.3 is 20.1 Å². The van der Waals surface area contributed by atoms with Crippen LogP contribution in [0.5, 0.6) is 11.5 Å². The van der Waals surface area contributed by atoms with Crippen LogP contribution in [0.25, 0.3) is 6.08 Å². The Bertz CT molecular complexity index is 960. The first-order valence-electron chi connectivity index (χ1n) is 9.25. The molecular weight excluding hydrogens is 472 g/mol. The summed E-state index contributed by atoms with van der Waals surface area (Å²) >= 11 is 9.66. The molecule has 0 unspecified atom stereocenters. The standard InChI is InChI=1S/C22H24BrClN2O4/c1-13(2)30-22-17(24)10-15(11-19(22)29-4)5-8-20(27)25-12-21(28)26-18-7-6-16(23)9-14(18)3/h5-11,13H,12H2,1-4H3,(H,25,27)(H,26,28)/b8-5+. The molecule has 2 N–H and O–H groups in total. The Morgan fingerprint density at radius 2 is 1.97 bits per heavy atom. The summed E-state index contributed by atoms with van der Waals surface area (Å²) in [7, 11) is 1.52. The number of rotatable bonds is 8. The van der Waals surface area contributed by atoms with Crippen LogP contribution in [0.2, 0.25) is 5.02 Å². The van der Waals surface area contributed by atoms with Crippen LogP contribution in [0.1, 0.15) is 25.0 Å². The Morgan fingerprint density at radius 1 is 1.23 bits per heavy atom. The van der Waals surface area contributed by atoms with E-state index in [-0.39, 0.29) is 18.6 Å². The van der Waals surface area contributed by atoms with Crippen molar-refractivity contribution in [3.05, 3.63) is 57.0 Å². The molecule has 0 radical (unpaired) electrons. The van der Waals surface area contributed by atoms with Crippen LogP contribution in [0, 0.1) is 6.92 Å². The van der Waals surface area contributed by atoms with Crippen molar-refractivity contribution in [3.63, 3.8) is 0 Å². The maximum Gasteiger partial charge on any atom is 0.244 e. The van der Waals surface area contributed by atoms with Gasteiger partial charge in [0.1, 0.15) is 0 Å². The van der Waals surface area contributed by atoms with E-state index in [2.05, 4.69) is 26.6 Å². The van der Waals surface area contributed by atoms with Crippen molar-refractivity contribution < 1.29 is 19.1 Å². The van der Waals surface area contributed by atoms with Gasteiger partial charge in [0, 0.05) is 16.2 Å². The van der Waals surface area contributed by atoms with E-state index >= 15 is 0 Å². The largest absolute Gasteiger partial charge is 0.493 e. The Hall–Kier alpha value is -2.51. The molecule has 0 fully saturated rings. The second kappa shape index (κ2) is 11.0. The SMILES string of the molecule is COc1cc(/C=C/C(=O)NCC(=O)Nc2ccc(Br)cc2C)cc(Cl)c1OC(C)C. The molecule has 0 aromatic heterocycles. The molecule has 30 heavy (non-hydrogen) atoms. The number of ether oxygens (including phenoxy) is 2. The van der Waals surface area contributed by atoms with E-state index in [9.17, 15) is 9.59 Å². The quantitative estimate of drug-likeness (QED) is 0.507. The Balaban J connectivity index is 1.95. The van der Waals surface area contributed by atoms with Gasteiger partial charge in [-0.25, -0.2) is 0 Å². The van der Waals surface area contributed by atoms with Crippen LogP contribution < -0.4 is 20.1 Å². The Morgan fingerprint density at radius 3 is 2.60 bits per heavy atom. The lowest BCUT2D eigenvalue weighted by Crippen LogP contribution is -2.31. The third-order valence-corrected chi connectivity index (χ3v) is 4.69. The predicted octanol–water partition coefficient (Wildman–Crippen LogP) is 4.97. The second-order valence-corrected chi connectivity index (χ2v) is 8.08. The highest BCUT2D eigenvalue weighted by molar-refractivity contribution is 9.10. The van der Waals surface area contributed by atoms with Gasteiger partial charge in [-0.1, -0.05) is 27.5 Å². The van der Waals surface area contributed by atoms with Crippen molar-refractivity contribution in [2.75, 3.05) is 19.0 Å². The molecule has 0 saturated heterocycles. The molecule has 2 rings (SSSR count). The van der Waals surface area contributed by atoms with Crippen molar-refractivity contribution in [2.24, 2.45) is 0 Å². The summed E-state index contributed by atoms with van der Waals surface area (Å²) in [5.74, 6) is 0.202. The normalized spacial score (nSPS) is 10.9. The molecule has 6 nitrogen and oxygen atoms in total. The monoisotopic (exact) mass is 494 g/mol. The lowest BCUT2D eigenvalue weighted by atomic mass is 10.2. The highest BCUT2D eigenvalue weighted by Gasteiger charge is 2.13. The number of anilines is 1. The minimum atomic E-state index is -0.407. The first-order valence-corrected chi connectivity index (χ1v) is 10.4. The highest BCUT2D eigenvalue weighted by Crippen LogP contribution is 2.37. The maximum absolute atomic E-state index is 12.1. The number of aryl methyl sites for hydroxylation is 1. The number of hydrogen-bond donors (Lipinski definition) is 2. The van der Waals surface area contributed by atoms with Crippen molar-refractivity contribution in [1.29, 1.82) is 0 Å². The lowest BCUT2D eigenvalue weighted by molar-refractivity contribution is -0.121. The van der Waals surface area contributed by atoms with Gasteiger partial charge in [-0.2, -0.15) is 0 Å². The second-order valence-electron chi connectivity index (χ2n) is 6.76. The summed E-state index contributed by atoms with van der Waals surface area (Å²) in [6.45, 7) is 5.52. The van der Waals surface area contributed by atoms with E-state index in [1.54, 1.807) is 24.3 Å². The molecule has 0 bridgehead atoms. The molecule has 0 aliphatic heterocycles. The number of amides is 2. The smallest absolute Gasteiger partial charge is 0.244 e. The lowest BCUT2D eigenvalue weighted by Gasteiger charge is -2.15. The van der Waals surface area contributed by atoms with E-state index in [1.807, 2.05) is 32.9 Å². The minimum Gasteiger partial charge on any atom is -0.493 e. The van der Waals surface area contributed by atoms with Crippen molar-refractivity contribution in [3.8, 4) is 11.5 Å². The highest BCUT2D eigenvalue weighted by atomic mass is 79.9. The molecule has 0 atom stereocenters. The summed E-state index contributed by atoms with van der Waals surface area (Å²) in [6, 6.07) is 8.92. The van der Waals surface area contributed by atoms with Gasteiger partial charge in [0.05, 0.1) is 24.8 Å². The molecular formula is C22H24BrClN2O4. The van der Waals surface area contributed by atoms with Crippen molar-refractivity contribution in [2.45, 2.75) is 26.9 Å². The van der Waals surface area contributed by atoms with Crippen LogP contribution in [-0.2, 0) is 9.59 Å². The van der Waals surface area contributed by atoms with E-state index < -0.39 is 5.91 Å². The molecule has 2 amide bonds. The summed E-state index contributed by atoms with van der Waals surface area (Å²) in [5, 5.41) is 5.69. The van der Waals surface area contributed by atoms with Gasteiger partial charge >= 0.3 is 0 Å². The third-order valence-electron chi connectivity index (χ3n) is 3.92. The van der Waals surface area contributed by atoms with Gasteiger partial charge in [0.2, 0.25) is 11.8 Å². The van der Waals surface area contributed by atoms with Gasteiger partial charge in [-0.05, 0) is 68.3 Å². The average molecular weight is 496 g/mol. The molecule has 0 aliphatic rings. The van der Waals surface area contributed by atoms with Gasteiger partial charge in [-0.3, -0.25) is 9.59 Å². The van der Waals surface area contributed by atoms with Crippen LogP contribution >= 0.6 is 27.5 Å². The van der Waals surface area contributed by atoms with Crippen molar-refractivity contribution in [1.82, 2.24) is 5.32 Å². The number of halogens is 2. The van der Waals surface area contributed by atoms with Crippen LogP contribution in [0.4, 0.5) is 5.69 Å². The summed E-state index contributed by atoms with van der Waals surface area (Å²) in [5.41, 5.74) is 2.27. The number of nitrogens with one attached hydrogen (secondary N) is 2. The first kappa shape index (κ1) is 23.8. The van der Waals surface area contributed by atoms with Crippen LogP contribution in [0.3, 0.4) is 0 Å². The Labute approximate surface area is 189 Å². The fraction of sp³-hybridized carbons (Fsp3) is 0.273. The van der Waals surface area contributed by atoms with E-state index in [1.165, 1.54) is 13.2 Å². The number of benzene rings is 2. The zero-order valence-corrected chi connectivity index (χ0v) is 19.6. The van der Waals surface area contributed by atoms with Gasteiger partial charge in [0.25, 0.3) is 0 Å². The van der Waals surface area contributed by atoms with E-state index in [4.69, 9.17) is 21.1 Å². The Kier molecular flexibility index (Phi) is 8.74. The molecule has 2 aromatic rings. The summed E-state index contributed by atoms with van der Waals surface area (Å²) in [6.07, 6.45) is 2.85. The zero-order valence-electron chi connectivity index (χ0n) is 17.2.